The van der Waals surface area contributed by atoms with Crippen molar-refractivity contribution in [2.75, 3.05) is 0 Å². The lowest BCUT2D eigenvalue weighted by molar-refractivity contribution is 0.0983. The topological polar surface area (TPSA) is 50.7 Å². The Hall–Kier alpha value is -2.36. The first-order chi connectivity index (χ1) is 10.8. The molecule has 4 heteroatoms. The summed E-state index contributed by atoms with van der Waals surface area (Å²) in [5.74, 6) is 0.245. The van der Waals surface area contributed by atoms with Crippen LogP contribution in [0.2, 0.25) is 0 Å². The van der Waals surface area contributed by atoms with E-state index in [9.17, 15) is 4.79 Å². The summed E-state index contributed by atoms with van der Waals surface area (Å²) in [6, 6.07) is 8.27. The minimum Gasteiger partial charge on any atom is -0.348 e. The SMILES string of the molecule is Cc1[nH]cnc1CCC(=O)c1c2n(c3ccccc13)CCC2. The average molecular weight is 293 g/mol. The van der Waals surface area contributed by atoms with Crippen molar-refractivity contribution in [1.29, 1.82) is 0 Å². The van der Waals surface area contributed by atoms with E-state index in [4.69, 9.17) is 0 Å². The third-order valence-electron chi connectivity index (χ3n) is 4.68. The monoisotopic (exact) mass is 293 g/mol. The molecule has 1 aliphatic heterocycles. The van der Waals surface area contributed by atoms with Crippen LogP contribution < -0.4 is 0 Å². The molecule has 22 heavy (non-hydrogen) atoms. The van der Waals surface area contributed by atoms with Gasteiger partial charge in [-0.05, 0) is 32.3 Å². The normalized spacial score (nSPS) is 13.7. The van der Waals surface area contributed by atoms with Crippen molar-refractivity contribution in [1.82, 2.24) is 14.5 Å². The van der Waals surface area contributed by atoms with E-state index in [2.05, 4.69) is 32.7 Å². The zero-order valence-corrected chi connectivity index (χ0v) is 12.7. The first kappa shape index (κ1) is 13.3. The van der Waals surface area contributed by atoms with Gasteiger partial charge in [-0.2, -0.15) is 0 Å². The van der Waals surface area contributed by atoms with Gasteiger partial charge in [0.1, 0.15) is 0 Å². The third kappa shape index (κ3) is 1.98. The molecule has 0 fully saturated rings. The molecule has 0 spiro atoms. The number of rotatable bonds is 4. The van der Waals surface area contributed by atoms with Crippen LogP contribution in [0.25, 0.3) is 10.9 Å². The van der Waals surface area contributed by atoms with Gasteiger partial charge in [0, 0.05) is 40.8 Å². The first-order valence-corrected chi connectivity index (χ1v) is 7.88. The number of imidazole rings is 1. The molecular formula is C18H19N3O. The Labute approximate surface area is 129 Å². The highest BCUT2D eigenvalue weighted by Crippen LogP contribution is 2.32. The van der Waals surface area contributed by atoms with Crippen LogP contribution in [-0.2, 0) is 19.4 Å². The predicted octanol–water partition coefficient (Wildman–Crippen LogP) is 3.43. The van der Waals surface area contributed by atoms with Crippen molar-refractivity contribution >= 4 is 16.7 Å². The molecule has 1 aromatic carbocycles. The summed E-state index contributed by atoms with van der Waals surface area (Å²) in [6.45, 7) is 3.03. The maximum absolute atomic E-state index is 12.8. The maximum atomic E-state index is 12.8. The van der Waals surface area contributed by atoms with E-state index >= 15 is 0 Å². The Kier molecular flexibility index (Phi) is 3.10. The van der Waals surface area contributed by atoms with E-state index < -0.39 is 0 Å². The minimum atomic E-state index is 0.245. The lowest BCUT2D eigenvalue weighted by Gasteiger charge is -2.02. The number of hydrogen-bond donors (Lipinski definition) is 1. The number of nitrogens with one attached hydrogen (secondary N) is 1. The smallest absolute Gasteiger partial charge is 0.165 e. The molecule has 0 unspecified atom stereocenters. The standard InChI is InChI=1S/C18H19N3O/c1-12-14(20-11-19-12)8-9-17(22)18-13-5-2-3-6-15(13)21-10-4-7-16(18)21/h2-3,5-6,11H,4,7-10H2,1H3,(H,19,20). The fourth-order valence-corrected chi connectivity index (χ4v) is 3.58. The number of fused-ring (bicyclic) bond motifs is 3. The van der Waals surface area contributed by atoms with Crippen molar-refractivity contribution < 1.29 is 4.79 Å². The summed E-state index contributed by atoms with van der Waals surface area (Å²) in [6.07, 6.45) is 5.07. The number of aromatic nitrogens is 3. The number of ketones is 1. The molecule has 0 saturated carbocycles. The summed E-state index contributed by atoms with van der Waals surface area (Å²) in [5, 5.41) is 1.11. The van der Waals surface area contributed by atoms with Gasteiger partial charge in [-0.1, -0.05) is 18.2 Å². The molecule has 0 amide bonds. The number of aryl methyl sites for hydroxylation is 3. The van der Waals surface area contributed by atoms with Crippen molar-refractivity contribution in [3.05, 3.63) is 53.2 Å². The van der Waals surface area contributed by atoms with E-state index in [0.717, 1.165) is 41.7 Å². The molecular weight excluding hydrogens is 274 g/mol. The van der Waals surface area contributed by atoms with Gasteiger partial charge in [-0.15, -0.1) is 0 Å². The first-order valence-electron chi connectivity index (χ1n) is 7.88. The van der Waals surface area contributed by atoms with E-state index in [1.165, 1.54) is 11.2 Å². The second kappa shape index (κ2) is 5.13. The summed E-state index contributed by atoms with van der Waals surface area (Å²) >= 11 is 0. The van der Waals surface area contributed by atoms with E-state index in [1.807, 2.05) is 13.0 Å². The molecule has 0 radical (unpaired) electrons. The number of carbonyl (C=O) groups is 1. The number of aromatic amines is 1. The minimum absolute atomic E-state index is 0.245. The maximum Gasteiger partial charge on any atom is 0.165 e. The lowest BCUT2D eigenvalue weighted by Crippen LogP contribution is -2.05. The molecule has 1 N–H and O–H groups in total. The number of H-pyrrole nitrogens is 1. The van der Waals surface area contributed by atoms with Crippen molar-refractivity contribution in [2.24, 2.45) is 0 Å². The number of para-hydroxylation sites is 1. The summed E-state index contributed by atoms with van der Waals surface area (Å²) in [5.41, 5.74) is 5.42. The van der Waals surface area contributed by atoms with Gasteiger partial charge in [-0.25, -0.2) is 4.98 Å². The van der Waals surface area contributed by atoms with Crippen molar-refractivity contribution in [3.8, 4) is 0 Å². The van der Waals surface area contributed by atoms with Gasteiger partial charge in [0.05, 0.1) is 12.0 Å². The van der Waals surface area contributed by atoms with Gasteiger partial charge in [-0.3, -0.25) is 4.79 Å². The van der Waals surface area contributed by atoms with Crippen LogP contribution in [0.1, 0.15) is 40.3 Å². The van der Waals surface area contributed by atoms with Crippen molar-refractivity contribution in [3.63, 3.8) is 0 Å². The Morgan fingerprint density at radius 3 is 3.05 bits per heavy atom. The average Bonchev–Trinajstić information content (AvgIpc) is 3.20. The molecule has 0 aliphatic carbocycles. The second-order valence-corrected chi connectivity index (χ2v) is 5.99. The lowest BCUT2D eigenvalue weighted by atomic mass is 10.0. The molecule has 0 bridgehead atoms. The zero-order chi connectivity index (χ0) is 15.1. The Balaban J connectivity index is 1.69. The molecule has 112 valence electrons. The van der Waals surface area contributed by atoms with Crippen LogP contribution in [0, 0.1) is 6.92 Å². The Morgan fingerprint density at radius 1 is 1.36 bits per heavy atom. The van der Waals surface area contributed by atoms with Crippen LogP contribution in [0.4, 0.5) is 0 Å². The number of hydrogen-bond acceptors (Lipinski definition) is 2. The molecule has 3 aromatic rings. The number of nitrogens with zero attached hydrogens (tertiary/aromatic N) is 2. The fourth-order valence-electron chi connectivity index (χ4n) is 3.58. The summed E-state index contributed by atoms with van der Waals surface area (Å²) in [7, 11) is 0. The number of benzene rings is 1. The van der Waals surface area contributed by atoms with Crippen LogP contribution in [0.3, 0.4) is 0 Å². The van der Waals surface area contributed by atoms with Gasteiger partial charge in [0.15, 0.2) is 5.78 Å². The zero-order valence-electron chi connectivity index (χ0n) is 12.7. The highest BCUT2D eigenvalue weighted by molar-refractivity contribution is 6.09. The molecule has 0 atom stereocenters. The number of Topliss-reactive ketones (excluding diaryl/α,β-unsaturated/α-hetero) is 1. The van der Waals surface area contributed by atoms with E-state index in [0.29, 0.717) is 12.8 Å². The van der Waals surface area contributed by atoms with Gasteiger partial charge in [0.25, 0.3) is 0 Å². The molecule has 4 nitrogen and oxygen atoms in total. The number of carbonyl (C=O) groups excluding carboxylic acids is 1. The fraction of sp³-hybridized carbons (Fsp3) is 0.333. The van der Waals surface area contributed by atoms with Crippen molar-refractivity contribution in [2.45, 2.75) is 39.2 Å². The van der Waals surface area contributed by atoms with Crippen LogP contribution >= 0.6 is 0 Å². The van der Waals surface area contributed by atoms with Gasteiger partial charge < -0.3 is 9.55 Å². The Morgan fingerprint density at radius 2 is 2.23 bits per heavy atom. The largest absolute Gasteiger partial charge is 0.348 e. The summed E-state index contributed by atoms with van der Waals surface area (Å²) < 4.78 is 2.32. The van der Waals surface area contributed by atoms with Crippen LogP contribution in [0.5, 0.6) is 0 Å². The highest BCUT2D eigenvalue weighted by atomic mass is 16.1. The van der Waals surface area contributed by atoms with Crippen LogP contribution in [-0.4, -0.2) is 20.3 Å². The predicted molar refractivity (Wildman–Crippen MR) is 86.2 cm³/mol. The Bertz CT molecular complexity index is 856. The second-order valence-electron chi connectivity index (χ2n) is 5.99. The highest BCUT2D eigenvalue weighted by Gasteiger charge is 2.24. The molecule has 3 heterocycles. The van der Waals surface area contributed by atoms with E-state index in [-0.39, 0.29) is 5.78 Å². The van der Waals surface area contributed by atoms with E-state index in [1.54, 1.807) is 6.33 Å². The summed E-state index contributed by atoms with van der Waals surface area (Å²) in [4.78, 5) is 20.2. The molecule has 4 rings (SSSR count). The van der Waals surface area contributed by atoms with Gasteiger partial charge >= 0.3 is 0 Å². The molecule has 0 saturated heterocycles. The van der Waals surface area contributed by atoms with Gasteiger partial charge in [0.2, 0.25) is 0 Å². The molecule has 2 aromatic heterocycles. The third-order valence-corrected chi connectivity index (χ3v) is 4.68. The quantitative estimate of drug-likeness (QED) is 0.749. The van der Waals surface area contributed by atoms with Crippen LogP contribution in [0.15, 0.2) is 30.6 Å². The molecule has 1 aliphatic rings.